The Bertz CT molecular complexity index is 1200. The maximum atomic E-state index is 13.5. The van der Waals surface area contributed by atoms with Gasteiger partial charge in [0.2, 0.25) is 11.8 Å². The van der Waals surface area contributed by atoms with E-state index in [4.69, 9.17) is 11.6 Å². The van der Waals surface area contributed by atoms with Crippen molar-refractivity contribution in [1.82, 2.24) is 25.1 Å². The molecule has 0 saturated carbocycles. The Morgan fingerprint density at radius 3 is 2.54 bits per heavy atom. The molecule has 0 unspecified atom stereocenters. The van der Waals surface area contributed by atoms with Crippen LogP contribution in [0.2, 0.25) is 5.02 Å². The predicted molar refractivity (Wildman–Crippen MR) is 131 cm³/mol. The summed E-state index contributed by atoms with van der Waals surface area (Å²) in [7, 11) is 1.59. The second-order valence-electron chi connectivity index (χ2n) is 9.02. The number of halogens is 2. The minimum Gasteiger partial charge on any atom is -0.481 e. The molecule has 12 heteroatoms. The summed E-state index contributed by atoms with van der Waals surface area (Å²) >= 11 is 6.11. The zero-order chi connectivity index (χ0) is 26.7. The van der Waals surface area contributed by atoms with Gasteiger partial charge in [0.1, 0.15) is 18.0 Å². The molecule has 0 aromatic heterocycles. The van der Waals surface area contributed by atoms with Gasteiger partial charge in [-0.25, -0.2) is 19.2 Å². The number of piperazine rings is 1. The number of nitrogens with one attached hydrogen (secondary N) is 1. The molecule has 10 nitrogen and oxygen atoms in total. The lowest BCUT2D eigenvalue weighted by Crippen LogP contribution is -2.75. The van der Waals surface area contributed by atoms with Crippen molar-refractivity contribution < 1.29 is 28.7 Å². The minimum absolute atomic E-state index is 0.0228. The molecule has 2 saturated heterocycles. The summed E-state index contributed by atoms with van der Waals surface area (Å²) in [5.41, 5.74) is 1.44. The molecule has 37 heavy (non-hydrogen) atoms. The Hall–Kier alpha value is -3.70. The minimum atomic E-state index is -1.09. The Balaban J connectivity index is 1.60. The van der Waals surface area contributed by atoms with E-state index in [1.807, 2.05) is 6.07 Å². The third-order valence-corrected chi connectivity index (χ3v) is 6.63. The van der Waals surface area contributed by atoms with Crippen LogP contribution < -0.4 is 5.32 Å². The van der Waals surface area contributed by atoms with Gasteiger partial charge < -0.3 is 20.2 Å². The molecule has 2 N–H and O–H groups in total. The number of hydrogen-bond acceptors (Lipinski definition) is 5. The van der Waals surface area contributed by atoms with Crippen LogP contribution in [0.25, 0.3) is 0 Å². The van der Waals surface area contributed by atoms with E-state index >= 15 is 0 Å². The summed E-state index contributed by atoms with van der Waals surface area (Å²) in [4.78, 5) is 54.0. The van der Waals surface area contributed by atoms with Gasteiger partial charge >= 0.3 is 12.0 Å². The van der Waals surface area contributed by atoms with Crippen LogP contribution in [-0.4, -0.2) is 81.1 Å². The van der Waals surface area contributed by atoms with Gasteiger partial charge in [0.15, 0.2) is 0 Å². The van der Waals surface area contributed by atoms with Crippen molar-refractivity contribution in [3.05, 3.63) is 70.5 Å². The van der Waals surface area contributed by atoms with Crippen LogP contribution in [0.5, 0.6) is 0 Å². The number of fused-ring (bicyclic) bond motifs is 1. The molecule has 2 aliphatic heterocycles. The van der Waals surface area contributed by atoms with Gasteiger partial charge in [-0.05, 0) is 41.8 Å². The quantitative estimate of drug-likeness (QED) is 0.567. The average molecular weight is 532 g/mol. The monoisotopic (exact) mass is 531 g/mol. The number of carbonyl (C=O) groups excluding carboxylic acids is 3. The topological polar surface area (TPSA) is 114 Å². The number of carboxylic acid groups (broad SMARTS) is 1. The predicted octanol–water partition coefficient (Wildman–Crippen LogP) is 2.28. The number of aliphatic carboxylic acids is 1. The first-order valence-corrected chi connectivity index (χ1v) is 12.1. The molecule has 0 aliphatic carbocycles. The van der Waals surface area contributed by atoms with Gasteiger partial charge in [0, 0.05) is 31.6 Å². The van der Waals surface area contributed by atoms with Crippen molar-refractivity contribution in [2.45, 2.75) is 38.1 Å². The normalized spacial score (nSPS) is 20.1. The van der Waals surface area contributed by atoms with Crippen molar-refractivity contribution in [3.8, 4) is 0 Å². The summed E-state index contributed by atoms with van der Waals surface area (Å²) in [6.45, 7) is 0.161. The van der Waals surface area contributed by atoms with Crippen molar-refractivity contribution in [1.29, 1.82) is 0 Å². The van der Waals surface area contributed by atoms with Gasteiger partial charge in [0.05, 0.1) is 13.1 Å². The van der Waals surface area contributed by atoms with Crippen LogP contribution in [0.4, 0.5) is 9.18 Å². The number of amides is 4. The summed E-state index contributed by atoms with van der Waals surface area (Å²) in [6, 6.07) is 11.1. The first kappa shape index (κ1) is 26.4. The average Bonchev–Trinajstić information content (AvgIpc) is 2.84. The molecule has 2 fully saturated rings. The zero-order valence-electron chi connectivity index (χ0n) is 20.1. The smallest absolute Gasteiger partial charge is 0.334 e. The zero-order valence-corrected chi connectivity index (χ0v) is 20.9. The van der Waals surface area contributed by atoms with Crippen LogP contribution in [0, 0.1) is 5.82 Å². The van der Waals surface area contributed by atoms with Crippen molar-refractivity contribution in [2.75, 3.05) is 20.1 Å². The Labute approximate surface area is 218 Å². The van der Waals surface area contributed by atoms with E-state index in [1.165, 1.54) is 32.0 Å². The molecule has 2 atom stereocenters. The van der Waals surface area contributed by atoms with Gasteiger partial charge in [-0.1, -0.05) is 35.9 Å². The first-order valence-electron chi connectivity index (χ1n) is 11.7. The number of urea groups is 1. The molecule has 4 rings (SSSR count). The molecular formula is C25H27ClFN5O5. The summed E-state index contributed by atoms with van der Waals surface area (Å²) in [5.74, 6) is -2.24. The van der Waals surface area contributed by atoms with E-state index in [1.54, 1.807) is 37.4 Å². The Morgan fingerprint density at radius 1 is 1.14 bits per heavy atom. The van der Waals surface area contributed by atoms with Gasteiger partial charge in [-0.3, -0.25) is 14.4 Å². The third kappa shape index (κ3) is 6.00. The molecule has 2 aliphatic rings. The SMILES string of the molecule is CN1CC(=O)N2[C@@H](CCC(=O)O)C(=O)N(Cc3cccc(Cl)c3)C[C@@H]2N1C(=O)NCc1ccc(F)cc1. The van der Waals surface area contributed by atoms with Crippen molar-refractivity contribution in [2.24, 2.45) is 0 Å². The number of carboxylic acids is 1. The van der Waals surface area contributed by atoms with Crippen LogP contribution in [-0.2, 0) is 27.5 Å². The van der Waals surface area contributed by atoms with Crippen LogP contribution in [0.1, 0.15) is 24.0 Å². The van der Waals surface area contributed by atoms with Crippen molar-refractivity contribution in [3.63, 3.8) is 0 Å². The molecular weight excluding hydrogens is 505 g/mol. The van der Waals surface area contributed by atoms with Crippen molar-refractivity contribution >= 4 is 35.4 Å². The third-order valence-electron chi connectivity index (χ3n) is 6.40. The van der Waals surface area contributed by atoms with E-state index in [2.05, 4.69) is 5.32 Å². The largest absolute Gasteiger partial charge is 0.481 e. The summed E-state index contributed by atoms with van der Waals surface area (Å²) < 4.78 is 13.2. The fourth-order valence-corrected chi connectivity index (χ4v) is 4.91. The molecule has 2 aromatic carbocycles. The molecule has 4 amide bonds. The highest BCUT2D eigenvalue weighted by atomic mass is 35.5. The number of likely N-dealkylation sites (N-methyl/N-ethyl adjacent to an activating group) is 1. The molecule has 2 heterocycles. The first-order chi connectivity index (χ1) is 17.6. The summed E-state index contributed by atoms with van der Waals surface area (Å²) in [6.07, 6.45) is -1.25. The molecule has 0 spiro atoms. The van der Waals surface area contributed by atoms with E-state index in [0.717, 1.165) is 5.56 Å². The molecule has 0 bridgehead atoms. The number of nitrogens with zero attached hydrogens (tertiary/aromatic N) is 4. The molecule has 2 aromatic rings. The second kappa shape index (κ2) is 11.1. The Morgan fingerprint density at radius 2 is 1.86 bits per heavy atom. The van der Waals surface area contributed by atoms with Crippen LogP contribution in [0.3, 0.4) is 0 Å². The lowest BCUT2D eigenvalue weighted by Gasteiger charge is -2.54. The number of hydrogen-bond donors (Lipinski definition) is 2. The maximum absolute atomic E-state index is 13.5. The van der Waals surface area contributed by atoms with Crippen LogP contribution >= 0.6 is 11.6 Å². The standard InChI is InChI=1S/C25H27ClFN5O5/c1-29-15-22(33)31-20(9-10-23(34)35)24(36)30(13-17-3-2-4-18(26)11-17)14-21(31)32(29)25(37)28-12-16-5-7-19(27)8-6-16/h2-8,11,20-21H,9-10,12-15H2,1H3,(H,28,37)(H,34,35)/t20-,21-/m0/s1. The highest BCUT2D eigenvalue weighted by molar-refractivity contribution is 6.30. The number of carbonyl (C=O) groups is 4. The number of rotatable bonds is 7. The van der Waals surface area contributed by atoms with Gasteiger partial charge in [-0.2, -0.15) is 0 Å². The van der Waals surface area contributed by atoms with E-state index in [0.29, 0.717) is 10.6 Å². The lowest BCUT2D eigenvalue weighted by atomic mass is 10.0. The fraction of sp³-hybridized carbons (Fsp3) is 0.360. The summed E-state index contributed by atoms with van der Waals surface area (Å²) in [5, 5.41) is 15.4. The fourth-order valence-electron chi connectivity index (χ4n) is 4.70. The van der Waals surface area contributed by atoms with Gasteiger partial charge in [0.25, 0.3) is 0 Å². The maximum Gasteiger partial charge on any atom is 0.334 e. The van der Waals surface area contributed by atoms with E-state index < -0.39 is 24.2 Å². The second-order valence-corrected chi connectivity index (χ2v) is 9.46. The lowest BCUT2D eigenvalue weighted by molar-refractivity contribution is -0.188. The molecule has 0 radical (unpaired) electrons. The molecule has 196 valence electrons. The number of benzene rings is 2. The Kier molecular flexibility index (Phi) is 7.94. The van der Waals surface area contributed by atoms with Crippen LogP contribution in [0.15, 0.2) is 48.5 Å². The number of hydrazine groups is 1. The van der Waals surface area contributed by atoms with Gasteiger partial charge in [-0.15, -0.1) is 0 Å². The van der Waals surface area contributed by atoms with E-state index in [-0.39, 0.29) is 56.7 Å². The highest BCUT2D eigenvalue weighted by Crippen LogP contribution is 2.29. The highest BCUT2D eigenvalue weighted by Gasteiger charge is 2.50. The van der Waals surface area contributed by atoms with E-state index in [9.17, 15) is 28.7 Å².